The van der Waals surface area contributed by atoms with Gasteiger partial charge in [0.05, 0.1) is 25.6 Å². The zero-order chi connectivity index (χ0) is 13.7. The van der Waals surface area contributed by atoms with Crippen LogP contribution in [-0.4, -0.2) is 47.2 Å². The van der Waals surface area contributed by atoms with Crippen LogP contribution in [0.25, 0.3) is 0 Å². The summed E-state index contributed by atoms with van der Waals surface area (Å²) in [5.74, 6) is 0.0264. The molecule has 0 unspecified atom stereocenters. The summed E-state index contributed by atoms with van der Waals surface area (Å²) in [6.07, 6.45) is 3.72. The van der Waals surface area contributed by atoms with Gasteiger partial charge < -0.3 is 9.47 Å². The van der Waals surface area contributed by atoms with Crippen molar-refractivity contribution in [3.63, 3.8) is 0 Å². The van der Waals surface area contributed by atoms with Crippen LogP contribution in [0.5, 0.6) is 0 Å². The number of unbranched alkanes of at least 4 members (excludes halogenated alkanes) is 2. The third-order valence-corrected chi connectivity index (χ3v) is 3.55. The molecule has 0 aromatic rings. The molecule has 0 N–H and O–H groups in total. The summed E-state index contributed by atoms with van der Waals surface area (Å²) in [6.45, 7) is 6.57. The predicted molar refractivity (Wildman–Crippen MR) is 71.2 cm³/mol. The van der Waals surface area contributed by atoms with Gasteiger partial charge in [0.25, 0.3) is 10.1 Å². The molecule has 0 aromatic carbocycles. The Morgan fingerprint density at radius 1 is 0.778 bits per heavy atom. The topological polar surface area (TPSA) is 61.8 Å². The van der Waals surface area contributed by atoms with Crippen molar-refractivity contribution < 1.29 is 22.1 Å². The minimum atomic E-state index is -3.29. The molecule has 0 radical (unpaired) electrons. The van der Waals surface area contributed by atoms with Gasteiger partial charge in [-0.1, -0.05) is 13.3 Å². The summed E-state index contributed by atoms with van der Waals surface area (Å²) in [4.78, 5) is 0. The van der Waals surface area contributed by atoms with Gasteiger partial charge in [0.2, 0.25) is 0 Å². The molecule has 0 aliphatic carbocycles. The van der Waals surface area contributed by atoms with E-state index in [1.54, 1.807) is 6.92 Å². The van der Waals surface area contributed by atoms with E-state index in [2.05, 4.69) is 6.92 Å². The predicted octanol–water partition coefficient (Wildman–Crippen LogP) is 1.97. The lowest BCUT2D eigenvalue weighted by molar-refractivity contribution is 0.0446. The summed E-state index contributed by atoms with van der Waals surface area (Å²) in [5.41, 5.74) is 0. The zero-order valence-corrected chi connectivity index (χ0v) is 12.3. The van der Waals surface area contributed by atoms with Gasteiger partial charge in [-0.3, -0.25) is 4.18 Å². The number of hydrogen-bond donors (Lipinski definition) is 0. The van der Waals surface area contributed by atoms with Gasteiger partial charge in [0, 0.05) is 13.2 Å². The Balaban J connectivity index is 3.12. The summed E-state index contributed by atoms with van der Waals surface area (Å²) in [5, 5.41) is 0. The Kier molecular flexibility index (Phi) is 11.8. The highest BCUT2D eigenvalue weighted by atomic mass is 32.2. The van der Waals surface area contributed by atoms with Crippen molar-refractivity contribution in [2.45, 2.75) is 39.5 Å². The van der Waals surface area contributed by atoms with E-state index in [9.17, 15) is 8.42 Å². The molecule has 0 fully saturated rings. The van der Waals surface area contributed by atoms with Crippen LogP contribution < -0.4 is 0 Å². The third kappa shape index (κ3) is 12.3. The smallest absolute Gasteiger partial charge is 0.267 e. The fourth-order valence-electron chi connectivity index (χ4n) is 1.14. The molecule has 110 valence electrons. The first kappa shape index (κ1) is 17.8. The number of rotatable bonds is 13. The van der Waals surface area contributed by atoms with Gasteiger partial charge in [-0.15, -0.1) is 0 Å². The SMILES string of the molecule is CCCCOCCOCCCCOS(=O)(=O)CC. The quantitative estimate of drug-likeness (QED) is 0.382. The van der Waals surface area contributed by atoms with E-state index in [4.69, 9.17) is 13.7 Å². The average molecular weight is 282 g/mol. The molecule has 0 spiro atoms. The fraction of sp³-hybridized carbons (Fsp3) is 1.00. The van der Waals surface area contributed by atoms with E-state index >= 15 is 0 Å². The van der Waals surface area contributed by atoms with Crippen LogP contribution in [0.3, 0.4) is 0 Å². The maximum absolute atomic E-state index is 11.0. The highest BCUT2D eigenvalue weighted by Crippen LogP contribution is 1.97. The van der Waals surface area contributed by atoms with Crippen LogP contribution >= 0.6 is 0 Å². The van der Waals surface area contributed by atoms with Crippen molar-refractivity contribution in [1.29, 1.82) is 0 Å². The van der Waals surface area contributed by atoms with E-state index in [1.807, 2.05) is 0 Å². The molecule has 18 heavy (non-hydrogen) atoms. The second kappa shape index (κ2) is 11.9. The monoisotopic (exact) mass is 282 g/mol. The van der Waals surface area contributed by atoms with E-state index in [0.29, 0.717) is 26.2 Å². The van der Waals surface area contributed by atoms with Crippen molar-refractivity contribution >= 4 is 10.1 Å². The molecular weight excluding hydrogens is 256 g/mol. The Labute approximate surface area is 111 Å². The molecule has 0 saturated carbocycles. The van der Waals surface area contributed by atoms with Crippen LogP contribution in [-0.2, 0) is 23.8 Å². The van der Waals surface area contributed by atoms with E-state index < -0.39 is 10.1 Å². The first-order valence-electron chi connectivity index (χ1n) is 6.65. The van der Waals surface area contributed by atoms with Crippen molar-refractivity contribution in [3.05, 3.63) is 0 Å². The Bertz CT molecular complexity index is 264. The Morgan fingerprint density at radius 2 is 1.33 bits per heavy atom. The molecule has 6 heteroatoms. The molecule has 0 rings (SSSR count). The molecule has 0 bridgehead atoms. The minimum absolute atomic E-state index is 0.0264. The zero-order valence-electron chi connectivity index (χ0n) is 11.5. The molecule has 0 saturated heterocycles. The largest absolute Gasteiger partial charge is 0.379 e. The second-order valence-corrected chi connectivity index (χ2v) is 5.88. The first-order valence-corrected chi connectivity index (χ1v) is 8.22. The molecule has 0 heterocycles. The van der Waals surface area contributed by atoms with Crippen molar-refractivity contribution in [3.8, 4) is 0 Å². The maximum Gasteiger partial charge on any atom is 0.267 e. The van der Waals surface area contributed by atoms with E-state index in [-0.39, 0.29) is 12.4 Å². The number of ether oxygens (including phenoxy) is 2. The Morgan fingerprint density at radius 3 is 1.89 bits per heavy atom. The standard InChI is InChI=1S/C12H26O5S/c1-3-5-8-15-11-12-16-9-6-7-10-17-18(13,14)4-2/h3-12H2,1-2H3. The lowest BCUT2D eigenvalue weighted by Gasteiger charge is -2.06. The highest BCUT2D eigenvalue weighted by Gasteiger charge is 2.05. The normalized spacial score (nSPS) is 11.9. The fourth-order valence-corrected chi connectivity index (χ4v) is 1.68. The molecule has 0 atom stereocenters. The van der Waals surface area contributed by atoms with Gasteiger partial charge in [-0.25, -0.2) is 0 Å². The molecule has 0 aromatic heterocycles. The van der Waals surface area contributed by atoms with Crippen LogP contribution in [0.2, 0.25) is 0 Å². The third-order valence-electron chi connectivity index (χ3n) is 2.31. The number of hydrogen-bond acceptors (Lipinski definition) is 5. The second-order valence-electron chi connectivity index (χ2n) is 3.95. The summed E-state index contributed by atoms with van der Waals surface area (Å²) in [7, 11) is -3.29. The van der Waals surface area contributed by atoms with E-state index in [0.717, 1.165) is 25.9 Å². The lowest BCUT2D eigenvalue weighted by atomic mass is 10.3. The molecular formula is C12H26O5S. The van der Waals surface area contributed by atoms with Crippen LogP contribution in [0.1, 0.15) is 39.5 Å². The minimum Gasteiger partial charge on any atom is -0.379 e. The molecule has 0 aliphatic heterocycles. The van der Waals surface area contributed by atoms with Gasteiger partial charge in [-0.2, -0.15) is 8.42 Å². The van der Waals surface area contributed by atoms with E-state index in [1.165, 1.54) is 0 Å². The van der Waals surface area contributed by atoms with Gasteiger partial charge in [0.15, 0.2) is 0 Å². The van der Waals surface area contributed by atoms with Crippen molar-refractivity contribution in [2.24, 2.45) is 0 Å². The molecule has 5 nitrogen and oxygen atoms in total. The Hall–Kier alpha value is -0.170. The first-order chi connectivity index (χ1) is 8.62. The van der Waals surface area contributed by atoms with Crippen LogP contribution in [0.4, 0.5) is 0 Å². The maximum atomic E-state index is 11.0. The van der Waals surface area contributed by atoms with Crippen molar-refractivity contribution in [1.82, 2.24) is 0 Å². The highest BCUT2D eigenvalue weighted by molar-refractivity contribution is 7.86. The summed E-state index contributed by atoms with van der Waals surface area (Å²) >= 11 is 0. The summed E-state index contributed by atoms with van der Waals surface area (Å²) in [6, 6.07) is 0. The summed E-state index contributed by atoms with van der Waals surface area (Å²) < 4.78 is 37.4. The molecule has 0 aliphatic rings. The lowest BCUT2D eigenvalue weighted by Crippen LogP contribution is -2.10. The average Bonchev–Trinajstić information content (AvgIpc) is 2.36. The van der Waals surface area contributed by atoms with Gasteiger partial charge >= 0.3 is 0 Å². The van der Waals surface area contributed by atoms with Gasteiger partial charge in [0.1, 0.15) is 0 Å². The van der Waals surface area contributed by atoms with Crippen LogP contribution in [0, 0.1) is 0 Å². The van der Waals surface area contributed by atoms with Crippen molar-refractivity contribution in [2.75, 3.05) is 38.8 Å². The van der Waals surface area contributed by atoms with Gasteiger partial charge in [-0.05, 0) is 26.2 Å². The molecule has 0 amide bonds. The van der Waals surface area contributed by atoms with Crippen LogP contribution in [0.15, 0.2) is 0 Å².